The number of nitrogens with zero attached hydrogens (tertiary/aromatic N) is 1. The standard InChI is InChI=1S/C23H28N2O4/c1-4-29-21-8-6-5-7-18(21)14-25-15-19(13-20(25)23(27)28-3)24-22(26)17-11-9-16(2)10-12-17/h5-12,19-20H,4,13-15H2,1-3H3,(H,24,26)/t19-,20-/m0/s1. The number of benzene rings is 2. The Morgan fingerprint density at radius 3 is 2.55 bits per heavy atom. The number of methoxy groups -OCH3 is 1. The smallest absolute Gasteiger partial charge is 0.323 e. The maximum absolute atomic E-state index is 12.6. The highest BCUT2D eigenvalue weighted by Gasteiger charge is 2.38. The molecular formula is C23H28N2O4. The highest BCUT2D eigenvalue weighted by molar-refractivity contribution is 5.94. The Labute approximate surface area is 171 Å². The van der Waals surface area contributed by atoms with Gasteiger partial charge in [-0.05, 0) is 38.5 Å². The fourth-order valence-electron chi connectivity index (χ4n) is 3.69. The molecule has 2 aromatic carbocycles. The van der Waals surface area contributed by atoms with E-state index in [1.807, 2.05) is 67.3 Å². The molecule has 0 saturated carbocycles. The van der Waals surface area contributed by atoms with Gasteiger partial charge in [0.2, 0.25) is 0 Å². The van der Waals surface area contributed by atoms with Gasteiger partial charge in [-0.1, -0.05) is 35.9 Å². The van der Waals surface area contributed by atoms with Crippen LogP contribution in [0.3, 0.4) is 0 Å². The maximum atomic E-state index is 12.6. The molecule has 0 radical (unpaired) electrons. The summed E-state index contributed by atoms with van der Waals surface area (Å²) in [4.78, 5) is 27.0. The Balaban J connectivity index is 1.72. The highest BCUT2D eigenvalue weighted by atomic mass is 16.5. The zero-order chi connectivity index (χ0) is 20.8. The third kappa shape index (κ3) is 5.15. The summed E-state index contributed by atoms with van der Waals surface area (Å²) in [6.07, 6.45) is 0.515. The number of aryl methyl sites for hydroxylation is 1. The number of carbonyl (C=O) groups is 2. The van der Waals surface area contributed by atoms with Crippen LogP contribution in [0.15, 0.2) is 48.5 Å². The lowest BCUT2D eigenvalue weighted by Gasteiger charge is -2.23. The van der Waals surface area contributed by atoms with E-state index >= 15 is 0 Å². The van der Waals surface area contributed by atoms with Crippen LogP contribution in [0.25, 0.3) is 0 Å². The molecule has 154 valence electrons. The molecule has 6 heteroatoms. The minimum atomic E-state index is -0.405. The predicted octanol–water partition coefficient (Wildman–Crippen LogP) is 2.94. The number of rotatable bonds is 7. The molecule has 1 heterocycles. The molecule has 0 spiro atoms. The summed E-state index contributed by atoms with van der Waals surface area (Å²) in [5.74, 6) is 0.395. The van der Waals surface area contributed by atoms with Crippen LogP contribution in [-0.2, 0) is 16.1 Å². The zero-order valence-electron chi connectivity index (χ0n) is 17.2. The maximum Gasteiger partial charge on any atom is 0.323 e. The molecule has 0 unspecified atom stereocenters. The van der Waals surface area contributed by atoms with E-state index in [1.54, 1.807) is 0 Å². The largest absolute Gasteiger partial charge is 0.494 e. The molecule has 1 N–H and O–H groups in total. The highest BCUT2D eigenvalue weighted by Crippen LogP contribution is 2.26. The van der Waals surface area contributed by atoms with Crippen molar-refractivity contribution in [1.29, 1.82) is 0 Å². The number of likely N-dealkylation sites (tertiary alicyclic amines) is 1. The number of amides is 1. The van der Waals surface area contributed by atoms with Gasteiger partial charge in [0.1, 0.15) is 11.8 Å². The van der Waals surface area contributed by atoms with Gasteiger partial charge < -0.3 is 14.8 Å². The lowest BCUT2D eigenvalue weighted by Crippen LogP contribution is -2.37. The summed E-state index contributed by atoms with van der Waals surface area (Å²) >= 11 is 0. The number of esters is 1. The topological polar surface area (TPSA) is 67.9 Å². The molecule has 6 nitrogen and oxygen atoms in total. The molecule has 1 aliphatic rings. The minimum absolute atomic E-state index is 0.129. The average molecular weight is 396 g/mol. The molecule has 0 bridgehead atoms. The summed E-state index contributed by atoms with van der Waals surface area (Å²) < 4.78 is 10.7. The second-order valence-electron chi connectivity index (χ2n) is 7.28. The second-order valence-corrected chi connectivity index (χ2v) is 7.28. The van der Waals surface area contributed by atoms with Crippen LogP contribution in [0.2, 0.25) is 0 Å². The average Bonchev–Trinajstić information content (AvgIpc) is 3.11. The molecule has 1 aliphatic heterocycles. The van der Waals surface area contributed by atoms with Gasteiger partial charge in [0, 0.05) is 30.3 Å². The van der Waals surface area contributed by atoms with Crippen LogP contribution in [0, 0.1) is 6.92 Å². The fourth-order valence-corrected chi connectivity index (χ4v) is 3.69. The first-order valence-corrected chi connectivity index (χ1v) is 9.92. The van der Waals surface area contributed by atoms with Gasteiger partial charge in [-0.3, -0.25) is 14.5 Å². The van der Waals surface area contributed by atoms with E-state index in [-0.39, 0.29) is 17.9 Å². The fraction of sp³-hybridized carbons (Fsp3) is 0.391. The van der Waals surface area contributed by atoms with Gasteiger partial charge in [0.25, 0.3) is 5.91 Å². The Morgan fingerprint density at radius 2 is 1.86 bits per heavy atom. The van der Waals surface area contributed by atoms with Crippen LogP contribution in [-0.4, -0.2) is 49.1 Å². The van der Waals surface area contributed by atoms with Crippen LogP contribution in [0.1, 0.15) is 34.8 Å². The Bertz CT molecular complexity index is 850. The lowest BCUT2D eigenvalue weighted by molar-refractivity contribution is -0.146. The number of hydrogen-bond donors (Lipinski definition) is 1. The molecule has 0 aromatic heterocycles. The Kier molecular flexibility index (Phi) is 6.88. The molecule has 1 saturated heterocycles. The third-order valence-corrected chi connectivity index (χ3v) is 5.17. The molecule has 29 heavy (non-hydrogen) atoms. The molecule has 2 aromatic rings. The van der Waals surface area contributed by atoms with Crippen LogP contribution in [0.4, 0.5) is 0 Å². The number of nitrogens with one attached hydrogen (secondary N) is 1. The molecule has 3 rings (SSSR count). The van der Waals surface area contributed by atoms with E-state index in [4.69, 9.17) is 9.47 Å². The van der Waals surface area contributed by atoms with Crippen molar-refractivity contribution in [2.45, 2.75) is 38.9 Å². The van der Waals surface area contributed by atoms with Crippen LogP contribution in [0.5, 0.6) is 5.75 Å². The second kappa shape index (κ2) is 9.56. The quantitative estimate of drug-likeness (QED) is 0.729. The van der Waals surface area contributed by atoms with E-state index in [2.05, 4.69) is 5.32 Å². The first kappa shape index (κ1) is 20.9. The summed E-state index contributed by atoms with van der Waals surface area (Å²) in [5.41, 5.74) is 2.73. The molecule has 1 amide bonds. The first-order chi connectivity index (χ1) is 14.0. The van der Waals surface area contributed by atoms with E-state index in [1.165, 1.54) is 7.11 Å². The van der Waals surface area contributed by atoms with Gasteiger partial charge in [-0.25, -0.2) is 0 Å². The van der Waals surface area contributed by atoms with E-state index in [0.29, 0.717) is 31.7 Å². The van der Waals surface area contributed by atoms with Gasteiger partial charge in [0.05, 0.1) is 13.7 Å². The van der Waals surface area contributed by atoms with E-state index < -0.39 is 6.04 Å². The molecule has 2 atom stereocenters. The van der Waals surface area contributed by atoms with Gasteiger partial charge in [0.15, 0.2) is 0 Å². The predicted molar refractivity (Wildman–Crippen MR) is 111 cm³/mol. The lowest BCUT2D eigenvalue weighted by atomic mass is 10.1. The number of ether oxygens (including phenoxy) is 2. The zero-order valence-corrected chi connectivity index (χ0v) is 17.2. The summed E-state index contributed by atoms with van der Waals surface area (Å²) in [6, 6.07) is 14.7. The van der Waals surface area contributed by atoms with Crippen molar-refractivity contribution in [2.24, 2.45) is 0 Å². The van der Waals surface area contributed by atoms with E-state index in [0.717, 1.165) is 16.9 Å². The van der Waals surface area contributed by atoms with Crippen molar-refractivity contribution < 1.29 is 19.1 Å². The summed E-state index contributed by atoms with van der Waals surface area (Å²) in [6.45, 7) is 5.62. The van der Waals surface area contributed by atoms with Crippen molar-refractivity contribution in [3.63, 3.8) is 0 Å². The SMILES string of the molecule is CCOc1ccccc1CN1C[C@@H](NC(=O)c2ccc(C)cc2)C[C@H]1C(=O)OC. The minimum Gasteiger partial charge on any atom is -0.494 e. The van der Waals surface area contributed by atoms with E-state index in [9.17, 15) is 9.59 Å². The summed E-state index contributed by atoms with van der Waals surface area (Å²) in [5, 5.41) is 3.06. The van der Waals surface area contributed by atoms with Crippen molar-refractivity contribution in [2.75, 3.05) is 20.3 Å². The molecular weight excluding hydrogens is 368 g/mol. The Hall–Kier alpha value is -2.86. The van der Waals surface area contributed by atoms with Crippen LogP contribution >= 0.6 is 0 Å². The molecule has 0 aliphatic carbocycles. The number of hydrogen-bond acceptors (Lipinski definition) is 5. The number of carbonyl (C=O) groups excluding carboxylic acids is 2. The van der Waals surface area contributed by atoms with Crippen molar-refractivity contribution in [1.82, 2.24) is 10.2 Å². The van der Waals surface area contributed by atoms with Gasteiger partial charge >= 0.3 is 5.97 Å². The van der Waals surface area contributed by atoms with Gasteiger partial charge in [-0.15, -0.1) is 0 Å². The normalized spacial score (nSPS) is 19.0. The summed E-state index contributed by atoms with van der Waals surface area (Å²) in [7, 11) is 1.40. The first-order valence-electron chi connectivity index (χ1n) is 9.92. The number of para-hydroxylation sites is 1. The van der Waals surface area contributed by atoms with Crippen molar-refractivity contribution >= 4 is 11.9 Å². The monoisotopic (exact) mass is 396 g/mol. The Morgan fingerprint density at radius 1 is 1.14 bits per heavy atom. The van der Waals surface area contributed by atoms with Crippen LogP contribution < -0.4 is 10.1 Å². The third-order valence-electron chi connectivity index (χ3n) is 5.17. The van der Waals surface area contributed by atoms with Gasteiger partial charge in [-0.2, -0.15) is 0 Å². The van der Waals surface area contributed by atoms with Crippen molar-refractivity contribution in [3.8, 4) is 5.75 Å². The molecule has 1 fully saturated rings. The van der Waals surface area contributed by atoms with Crippen molar-refractivity contribution in [3.05, 3.63) is 65.2 Å².